The molecule has 1 amide bonds. The predicted molar refractivity (Wildman–Crippen MR) is 139 cm³/mol. The quantitative estimate of drug-likeness (QED) is 0.208. The largest absolute Gasteiger partial charge is 0.302 e. The lowest BCUT2D eigenvalue weighted by Gasteiger charge is -2.08. The van der Waals surface area contributed by atoms with E-state index in [4.69, 9.17) is 0 Å². The van der Waals surface area contributed by atoms with Crippen LogP contribution >= 0.6 is 11.8 Å². The molecule has 0 bridgehead atoms. The summed E-state index contributed by atoms with van der Waals surface area (Å²) >= 11 is 1.35. The van der Waals surface area contributed by atoms with Crippen LogP contribution in [-0.4, -0.2) is 32.1 Å². The molecular formula is C27H27N5OS. The van der Waals surface area contributed by atoms with Gasteiger partial charge in [-0.15, -0.1) is 10.2 Å². The van der Waals surface area contributed by atoms with Gasteiger partial charge in [0, 0.05) is 12.1 Å². The third-order valence-electron chi connectivity index (χ3n) is 5.43. The average Bonchev–Trinajstić information content (AvgIpc) is 3.30. The summed E-state index contributed by atoms with van der Waals surface area (Å²) in [5.41, 5.74) is 8.87. The molecule has 4 rings (SSSR count). The fraction of sp³-hybridized carbons (Fsp3) is 0.185. The molecule has 0 radical (unpaired) electrons. The first kappa shape index (κ1) is 23.4. The van der Waals surface area contributed by atoms with E-state index >= 15 is 0 Å². The second-order valence-corrected chi connectivity index (χ2v) is 8.82. The second-order valence-electron chi connectivity index (χ2n) is 7.88. The molecule has 6 nitrogen and oxygen atoms in total. The highest BCUT2D eigenvalue weighted by Gasteiger charge is 2.14. The smallest absolute Gasteiger partial charge is 0.250 e. The number of hydrogen-bond donors (Lipinski definition) is 1. The summed E-state index contributed by atoms with van der Waals surface area (Å²) in [6.07, 6.45) is 0. The van der Waals surface area contributed by atoms with Crippen molar-refractivity contribution in [3.63, 3.8) is 0 Å². The minimum absolute atomic E-state index is 0.187. The molecule has 0 unspecified atom stereocenters. The van der Waals surface area contributed by atoms with Gasteiger partial charge in [-0.25, -0.2) is 5.43 Å². The highest BCUT2D eigenvalue weighted by atomic mass is 32.2. The molecule has 0 saturated carbocycles. The molecule has 172 valence electrons. The number of hydrogen-bond acceptors (Lipinski definition) is 5. The van der Waals surface area contributed by atoms with Gasteiger partial charge >= 0.3 is 0 Å². The van der Waals surface area contributed by atoms with Gasteiger partial charge in [-0.3, -0.25) is 4.79 Å². The Morgan fingerprint density at radius 2 is 1.56 bits per heavy atom. The van der Waals surface area contributed by atoms with Crippen LogP contribution in [0.2, 0.25) is 0 Å². The molecule has 0 fully saturated rings. The van der Waals surface area contributed by atoms with Crippen LogP contribution in [0.4, 0.5) is 0 Å². The number of amides is 1. The number of nitrogens with one attached hydrogen (secondary N) is 1. The molecule has 1 aromatic heterocycles. The van der Waals surface area contributed by atoms with Crippen molar-refractivity contribution in [2.24, 2.45) is 5.10 Å². The fourth-order valence-electron chi connectivity index (χ4n) is 3.50. The maximum atomic E-state index is 12.4. The third kappa shape index (κ3) is 5.61. The van der Waals surface area contributed by atoms with E-state index in [-0.39, 0.29) is 11.7 Å². The van der Waals surface area contributed by atoms with Crippen molar-refractivity contribution in [2.45, 2.75) is 32.5 Å². The number of aryl methyl sites for hydroxylation is 1. The van der Waals surface area contributed by atoms with Gasteiger partial charge in [-0.05, 0) is 37.5 Å². The van der Waals surface area contributed by atoms with E-state index in [1.165, 1.54) is 22.9 Å². The van der Waals surface area contributed by atoms with Crippen LogP contribution in [0.5, 0.6) is 0 Å². The summed E-state index contributed by atoms with van der Waals surface area (Å²) in [7, 11) is 0. The van der Waals surface area contributed by atoms with Gasteiger partial charge in [-0.1, -0.05) is 96.2 Å². The molecular weight excluding hydrogens is 442 g/mol. The number of benzene rings is 3. The van der Waals surface area contributed by atoms with Crippen LogP contribution in [-0.2, 0) is 11.3 Å². The first-order valence-electron chi connectivity index (χ1n) is 11.2. The van der Waals surface area contributed by atoms with E-state index in [2.05, 4.69) is 64.0 Å². The van der Waals surface area contributed by atoms with Crippen LogP contribution < -0.4 is 5.43 Å². The highest BCUT2D eigenvalue weighted by molar-refractivity contribution is 7.99. The Bertz CT molecular complexity index is 1280. The van der Waals surface area contributed by atoms with E-state index in [1.807, 2.05) is 60.9 Å². The zero-order valence-corrected chi connectivity index (χ0v) is 20.3. The number of carbonyl (C=O) groups is 1. The van der Waals surface area contributed by atoms with Crippen LogP contribution in [0.1, 0.15) is 25.0 Å². The summed E-state index contributed by atoms with van der Waals surface area (Å²) in [5, 5.41) is 13.6. The van der Waals surface area contributed by atoms with Crippen LogP contribution in [0, 0.1) is 6.92 Å². The van der Waals surface area contributed by atoms with Crippen LogP contribution in [0.25, 0.3) is 22.5 Å². The van der Waals surface area contributed by atoms with E-state index in [9.17, 15) is 4.79 Å². The molecule has 0 aliphatic rings. The molecule has 1 N–H and O–H groups in total. The number of hydrazone groups is 1. The summed E-state index contributed by atoms with van der Waals surface area (Å²) in [4.78, 5) is 12.4. The van der Waals surface area contributed by atoms with Crippen molar-refractivity contribution < 1.29 is 4.79 Å². The van der Waals surface area contributed by atoms with Gasteiger partial charge in [0.15, 0.2) is 11.0 Å². The molecule has 0 atom stereocenters. The molecule has 0 spiro atoms. The molecule has 34 heavy (non-hydrogen) atoms. The molecule has 0 aliphatic carbocycles. The van der Waals surface area contributed by atoms with Gasteiger partial charge in [0.25, 0.3) is 5.91 Å². The van der Waals surface area contributed by atoms with Crippen molar-refractivity contribution in [1.82, 2.24) is 20.2 Å². The molecule has 7 heteroatoms. The van der Waals surface area contributed by atoms with Gasteiger partial charge in [0.05, 0.1) is 11.5 Å². The van der Waals surface area contributed by atoms with Crippen molar-refractivity contribution in [1.29, 1.82) is 0 Å². The van der Waals surface area contributed by atoms with Gasteiger partial charge in [0.1, 0.15) is 0 Å². The molecule has 1 heterocycles. The minimum Gasteiger partial charge on any atom is -0.302 e. The lowest BCUT2D eigenvalue weighted by atomic mass is 10.0. The highest BCUT2D eigenvalue weighted by Crippen LogP contribution is 2.24. The predicted octanol–water partition coefficient (Wildman–Crippen LogP) is 5.57. The summed E-state index contributed by atoms with van der Waals surface area (Å²) in [6, 6.07) is 26.5. The second kappa shape index (κ2) is 10.9. The van der Waals surface area contributed by atoms with Crippen molar-refractivity contribution in [3.05, 3.63) is 90.0 Å². The summed E-state index contributed by atoms with van der Waals surface area (Å²) in [5.74, 6) is 0.821. The molecule has 3 aromatic carbocycles. The normalized spacial score (nSPS) is 11.4. The number of nitrogens with zero attached hydrogens (tertiary/aromatic N) is 4. The lowest BCUT2D eigenvalue weighted by Crippen LogP contribution is -2.21. The Kier molecular flexibility index (Phi) is 7.54. The number of aromatic nitrogens is 3. The van der Waals surface area contributed by atoms with Gasteiger partial charge in [-0.2, -0.15) is 5.10 Å². The van der Waals surface area contributed by atoms with Crippen LogP contribution in [0.15, 0.2) is 89.1 Å². The monoisotopic (exact) mass is 469 g/mol. The maximum Gasteiger partial charge on any atom is 0.250 e. The Labute approximate surface area is 204 Å². The van der Waals surface area contributed by atoms with Crippen molar-refractivity contribution in [3.8, 4) is 22.5 Å². The molecule has 4 aromatic rings. The van der Waals surface area contributed by atoms with Crippen LogP contribution in [0.3, 0.4) is 0 Å². The van der Waals surface area contributed by atoms with Gasteiger partial charge < -0.3 is 4.57 Å². The first-order chi connectivity index (χ1) is 16.5. The standard InChI is InChI=1S/C27H27N5OS/c1-4-32-26(24-12-10-19(2)11-13-24)30-31-27(32)34-18-25(33)29-28-20(3)21-14-16-23(17-15-21)22-8-6-5-7-9-22/h5-17H,4,18H2,1-3H3,(H,29,33)/b28-20-. The van der Waals surface area contributed by atoms with Crippen molar-refractivity contribution >= 4 is 23.4 Å². The Morgan fingerprint density at radius 1 is 0.912 bits per heavy atom. The number of thioether (sulfide) groups is 1. The zero-order valence-electron chi connectivity index (χ0n) is 19.5. The Balaban J connectivity index is 1.35. The minimum atomic E-state index is -0.187. The summed E-state index contributed by atoms with van der Waals surface area (Å²) in [6.45, 7) is 6.70. The zero-order chi connectivity index (χ0) is 23.9. The number of rotatable bonds is 8. The van der Waals surface area contributed by atoms with E-state index in [0.29, 0.717) is 5.16 Å². The maximum absolute atomic E-state index is 12.4. The third-order valence-corrected chi connectivity index (χ3v) is 6.40. The molecule has 0 saturated heterocycles. The molecule has 0 aliphatic heterocycles. The van der Waals surface area contributed by atoms with E-state index in [1.54, 1.807) is 0 Å². The Hall–Kier alpha value is -3.71. The van der Waals surface area contributed by atoms with Gasteiger partial charge in [0.2, 0.25) is 0 Å². The Morgan fingerprint density at radius 3 is 2.24 bits per heavy atom. The topological polar surface area (TPSA) is 72.2 Å². The van der Waals surface area contributed by atoms with Crippen molar-refractivity contribution in [2.75, 3.05) is 5.75 Å². The fourth-order valence-corrected chi connectivity index (χ4v) is 4.30. The lowest BCUT2D eigenvalue weighted by molar-refractivity contribution is -0.118. The first-order valence-corrected chi connectivity index (χ1v) is 12.2. The van der Waals surface area contributed by atoms with E-state index in [0.717, 1.165) is 34.8 Å². The SMILES string of the molecule is CCn1c(SCC(=O)N/N=C(/C)c2ccc(-c3ccccc3)cc2)nnc1-c1ccc(C)cc1. The van der Waals surface area contributed by atoms with E-state index < -0.39 is 0 Å². The summed E-state index contributed by atoms with van der Waals surface area (Å²) < 4.78 is 2.02. The average molecular weight is 470 g/mol. The number of carbonyl (C=O) groups excluding carboxylic acids is 1.